The van der Waals surface area contributed by atoms with Crippen LogP contribution in [0.15, 0.2) is 24.3 Å². The van der Waals surface area contributed by atoms with Gasteiger partial charge in [-0.1, -0.05) is 12.1 Å². The van der Waals surface area contributed by atoms with E-state index in [9.17, 15) is 0 Å². The average molecular weight is 276 g/mol. The van der Waals surface area contributed by atoms with E-state index in [1.165, 1.54) is 11.3 Å². The lowest BCUT2D eigenvalue weighted by atomic mass is 10.1. The molecule has 1 atom stereocenters. The van der Waals surface area contributed by atoms with Gasteiger partial charge in [0.25, 0.3) is 0 Å². The summed E-state index contributed by atoms with van der Waals surface area (Å²) in [7, 11) is 0. The first-order chi connectivity index (χ1) is 9.50. The summed E-state index contributed by atoms with van der Waals surface area (Å²) < 4.78 is 6.14. The van der Waals surface area contributed by atoms with Crippen molar-refractivity contribution in [3.8, 4) is 0 Å². The second-order valence-corrected chi connectivity index (χ2v) is 6.47. The Labute approximate surface area is 123 Å². The first-order valence-electron chi connectivity index (χ1n) is 7.70. The van der Waals surface area contributed by atoms with Crippen LogP contribution in [0.3, 0.4) is 0 Å². The van der Waals surface area contributed by atoms with Crippen molar-refractivity contribution < 1.29 is 4.74 Å². The monoisotopic (exact) mass is 276 g/mol. The lowest BCUT2D eigenvalue weighted by Gasteiger charge is -2.29. The zero-order chi connectivity index (χ0) is 14.6. The molecule has 3 heteroatoms. The summed E-state index contributed by atoms with van der Waals surface area (Å²) in [5.41, 5.74) is 8.30. The van der Waals surface area contributed by atoms with Gasteiger partial charge in [-0.25, -0.2) is 0 Å². The second kappa shape index (κ2) is 6.59. The summed E-state index contributed by atoms with van der Waals surface area (Å²) in [6, 6.07) is 8.69. The van der Waals surface area contributed by atoms with E-state index in [0.717, 1.165) is 38.9 Å². The van der Waals surface area contributed by atoms with Gasteiger partial charge in [0, 0.05) is 18.8 Å². The highest BCUT2D eigenvalue weighted by atomic mass is 16.5. The van der Waals surface area contributed by atoms with Crippen molar-refractivity contribution >= 4 is 5.69 Å². The molecule has 0 spiro atoms. The van der Waals surface area contributed by atoms with E-state index in [4.69, 9.17) is 10.5 Å². The number of aryl methyl sites for hydroxylation is 1. The van der Waals surface area contributed by atoms with Gasteiger partial charge in [0.15, 0.2) is 0 Å². The van der Waals surface area contributed by atoms with E-state index < -0.39 is 0 Å². The molecule has 0 aliphatic carbocycles. The molecule has 1 unspecified atom stereocenters. The maximum absolute atomic E-state index is 6.14. The van der Waals surface area contributed by atoms with Gasteiger partial charge in [-0.3, -0.25) is 0 Å². The van der Waals surface area contributed by atoms with Crippen LogP contribution in [-0.4, -0.2) is 31.3 Å². The van der Waals surface area contributed by atoms with E-state index in [-0.39, 0.29) is 5.60 Å². The van der Waals surface area contributed by atoms with Crippen LogP contribution in [-0.2, 0) is 4.74 Å². The molecular formula is C17H28N2O. The smallest absolute Gasteiger partial charge is 0.0758 e. The van der Waals surface area contributed by atoms with Gasteiger partial charge < -0.3 is 15.4 Å². The minimum atomic E-state index is 0.0385. The number of ether oxygens (including phenoxy) is 1. The van der Waals surface area contributed by atoms with Gasteiger partial charge in [0.1, 0.15) is 0 Å². The molecule has 0 saturated carbocycles. The van der Waals surface area contributed by atoms with E-state index in [1.54, 1.807) is 0 Å². The number of rotatable bonds is 6. The molecule has 1 aromatic carbocycles. The Morgan fingerprint density at radius 2 is 2.20 bits per heavy atom. The van der Waals surface area contributed by atoms with Gasteiger partial charge in [-0.2, -0.15) is 0 Å². The Balaban J connectivity index is 2.04. The quantitative estimate of drug-likeness (QED) is 0.867. The summed E-state index contributed by atoms with van der Waals surface area (Å²) in [5.74, 6) is 0. The predicted molar refractivity (Wildman–Crippen MR) is 85.2 cm³/mol. The van der Waals surface area contributed by atoms with Crippen molar-refractivity contribution in [2.24, 2.45) is 5.73 Å². The van der Waals surface area contributed by atoms with E-state index in [2.05, 4.69) is 49.9 Å². The number of hydrogen-bond donors (Lipinski definition) is 1. The summed E-state index contributed by atoms with van der Waals surface area (Å²) >= 11 is 0. The van der Waals surface area contributed by atoms with Crippen LogP contribution in [0, 0.1) is 6.92 Å². The molecular weight excluding hydrogens is 248 g/mol. The van der Waals surface area contributed by atoms with E-state index in [0.29, 0.717) is 6.10 Å². The molecule has 3 nitrogen and oxygen atoms in total. The Hall–Kier alpha value is -1.06. The third-order valence-electron chi connectivity index (χ3n) is 3.98. The molecule has 1 aromatic rings. The van der Waals surface area contributed by atoms with Crippen molar-refractivity contribution in [2.45, 2.75) is 51.7 Å². The standard InChI is InChI=1S/C17H28N2O/c1-14-6-4-7-15(12-14)19(11-5-10-18)13-16-8-9-17(2,3)20-16/h4,6-7,12,16H,5,8-11,13,18H2,1-3H3. The normalized spacial score (nSPS) is 21.1. The third-order valence-corrected chi connectivity index (χ3v) is 3.98. The largest absolute Gasteiger partial charge is 0.371 e. The van der Waals surface area contributed by atoms with Crippen molar-refractivity contribution in [3.63, 3.8) is 0 Å². The summed E-state index contributed by atoms with van der Waals surface area (Å²) in [6.45, 7) is 9.21. The van der Waals surface area contributed by atoms with Gasteiger partial charge in [-0.05, 0) is 64.3 Å². The highest BCUT2D eigenvalue weighted by molar-refractivity contribution is 5.48. The van der Waals surface area contributed by atoms with Gasteiger partial charge in [-0.15, -0.1) is 0 Å². The summed E-state index contributed by atoms with van der Waals surface area (Å²) in [6.07, 6.45) is 3.65. The zero-order valence-electron chi connectivity index (χ0n) is 13.1. The Bertz CT molecular complexity index is 431. The molecule has 1 fully saturated rings. The van der Waals surface area contributed by atoms with Crippen molar-refractivity contribution in [3.05, 3.63) is 29.8 Å². The number of nitrogens with zero attached hydrogens (tertiary/aromatic N) is 1. The minimum absolute atomic E-state index is 0.0385. The lowest BCUT2D eigenvalue weighted by molar-refractivity contribution is -0.0115. The molecule has 2 rings (SSSR count). The van der Waals surface area contributed by atoms with Crippen LogP contribution in [0.2, 0.25) is 0 Å². The zero-order valence-corrected chi connectivity index (χ0v) is 13.1. The van der Waals surface area contributed by atoms with Crippen LogP contribution in [0.1, 0.15) is 38.7 Å². The molecule has 0 aromatic heterocycles. The van der Waals surface area contributed by atoms with Gasteiger partial charge >= 0.3 is 0 Å². The van der Waals surface area contributed by atoms with E-state index >= 15 is 0 Å². The molecule has 1 saturated heterocycles. The minimum Gasteiger partial charge on any atom is -0.371 e. The first kappa shape index (κ1) is 15.3. The topological polar surface area (TPSA) is 38.5 Å². The predicted octanol–water partition coefficient (Wildman–Crippen LogP) is 3.11. The van der Waals surface area contributed by atoms with Crippen LogP contribution in [0.4, 0.5) is 5.69 Å². The first-order valence-corrected chi connectivity index (χ1v) is 7.70. The fraction of sp³-hybridized carbons (Fsp3) is 0.647. The molecule has 0 radical (unpaired) electrons. The molecule has 1 aliphatic rings. The SMILES string of the molecule is Cc1cccc(N(CCCN)CC2CCC(C)(C)O2)c1. The van der Waals surface area contributed by atoms with Crippen molar-refractivity contribution in [1.82, 2.24) is 0 Å². The Morgan fingerprint density at radius 1 is 1.40 bits per heavy atom. The second-order valence-electron chi connectivity index (χ2n) is 6.47. The van der Waals surface area contributed by atoms with Crippen molar-refractivity contribution in [1.29, 1.82) is 0 Å². The fourth-order valence-electron chi connectivity index (χ4n) is 2.88. The van der Waals surface area contributed by atoms with Gasteiger partial charge in [0.2, 0.25) is 0 Å². The van der Waals surface area contributed by atoms with Crippen LogP contribution < -0.4 is 10.6 Å². The summed E-state index contributed by atoms with van der Waals surface area (Å²) in [4.78, 5) is 2.42. The highest BCUT2D eigenvalue weighted by Gasteiger charge is 2.32. The Morgan fingerprint density at radius 3 is 2.80 bits per heavy atom. The van der Waals surface area contributed by atoms with Gasteiger partial charge in [0.05, 0.1) is 11.7 Å². The molecule has 0 amide bonds. The lowest BCUT2D eigenvalue weighted by Crippen LogP contribution is -2.35. The van der Waals surface area contributed by atoms with E-state index in [1.807, 2.05) is 0 Å². The number of anilines is 1. The average Bonchev–Trinajstić information content (AvgIpc) is 2.74. The maximum atomic E-state index is 6.14. The molecule has 2 N–H and O–H groups in total. The van der Waals surface area contributed by atoms with Crippen LogP contribution >= 0.6 is 0 Å². The molecule has 1 heterocycles. The number of hydrogen-bond acceptors (Lipinski definition) is 3. The molecule has 20 heavy (non-hydrogen) atoms. The molecule has 0 bridgehead atoms. The van der Waals surface area contributed by atoms with Crippen LogP contribution in [0.25, 0.3) is 0 Å². The number of benzene rings is 1. The summed E-state index contributed by atoms with van der Waals surface area (Å²) in [5, 5.41) is 0. The van der Waals surface area contributed by atoms with Crippen molar-refractivity contribution in [2.75, 3.05) is 24.5 Å². The molecule has 1 aliphatic heterocycles. The highest BCUT2D eigenvalue weighted by Crippen LogP contribution is 2.30. The Kier molecular flexibility index (Phi) is 5.06. The van der Waals surface area contributed by atoms with Crippen LogP contribution in [0.5, 0.6) is 0 Å². The number of nitrogens with two attached hydrogens (primary N) is 1. The maximum Gasteiger partial charge on any atom is 0.0758 e. The molecule has 112 valence electrons. The third kappa shape index (κ3) is 4.22. The fourth-order valence-corrected chi connectivity index (χ4v) is 2.88.